The number of hydrogen-bond acceptors (Lipinski definition) is 2. The van der Waals surface area contributed by atoms with E-state index in [1.54, 1.807) is 0 Å². The van der Waals surface area contributed by atoms with E-state index < -0.39 is 5.60 Å². The van der Waals surface area contributed by atoms with Gasteiger partial charge in [0.2, 0.25) is 0 Å². The van der Waals surface area contributed by atoms with Gasteiger partial charge in [-0.1, -0.05) is 0 Å². The SMILES string of the molecule is [CH2-]N1CCC[C@@H]1C(C)(C)O. The van der Waals surface area contributed by atoms with E-state index in [2.05, 4.69) is 7.05 Å². The van der Waals surface area contributed by atoms with E-state index in [4.69, 9.17) is 0 Å². The largest absolute Gasteiger partial charge is 0.454 e. The van der Waals surface area contributed by atoms with E-state index in [1.165, 1.54) is 0 Å². The molecule has 1 heterocycles. The lowest BCUT2D eigenvalue weighted by Gasteiger charge is -2.36. The monoisotopic (exact) mass is 142 g/mol. The van der Waals surface area contributed by atoms with Crippen LogP contribution in [0.5, 0.6) is 0 Å². The molecule has 10 heavy (non-hydrogen) atoms. The summed E-state index contributed by atoms with van der Waals surface area (Å²) < 4.78 is 0. The molecule has 1 atom stereocenters. The molecule has 0 aromatic rings. The van der Waals surface area contributed by atoms with Crippen LogP contribution in [0, 0.1) is 7.05 Å². The molecule has 0 aliphatic carbocycles. The third kappa shape index (κ3) is 1.50. The van der Waals surface area contributed by atoms with Crippen LogP contribution < -0.4 is 0 Å². The van der Waals surface area contributed by atoms with Crippen LogP contribution in [0.2, 0.25) is 0 Å². The van der Waals surface area contributed by atoms with Crippen molar-refractivity contribution in [3.63, 3.8) is 0 Å². The third-order valence-electron chi connectivity index (χ3n) is 2.18. The van der Waals surface area contributed by atoms with Crippen LogP contribution in [-0.2, 0) is 0 Å². The van der Waals surface area contributed by atoms with Gasteiger partial charge in [0.05, 0.1) is 5.60 Å². The minimum atomic E-state index is -0.585. The van der Waals surface area contributed by atoms with Crippen molar-refractivity contribution in [1.82, 2.24) is 4.90 Å². The maximum atomic E-state index is 9.61. The molecule has 0 saturated carbocycles. The molecule has 0 aromatic heterocycles. The Morgan fingerprint density at radius 3 is 2.40 bits per heavy atom. The van der Waals surface area contributed by atoms with Crippen LogP contribution in [0.4, 0.5) is 0 Å². The van der Waals surface area contributed by atoms with E-state index in [9.17, 15) is 5.11 Å². The Labute approximate surface area is 62.8 Å². The first-order valence-corrected chi connectivity index (χ1v) is 3.81. The van der Waals surface area contributed by atoms with Gasteiger partial charge in [-0.3, -0.25) is 7.05 Å². The predicted molar refractivity (Wildman–Crippen MR) is 41.4 cm³/mol. The van der Waals surface area contributed by atoms with Crippen molar-refractivity contribution in [2.24, 2.45) is 0 Å². The molecular weight excluding hydrogens is 126 g/mol. The Kier molecular flexibility index (Phi) is 2.02. The lowest BCUT2D eigenvalue weighted by Crippen LogP contribution is -2.42. The molecule has 1 fully saturated rings. The number of aliphatic hydroxyl groups is 1. The topological polar surface area (TPSA) is 23.5 Å². The molecule has 0 spiro atoms. The van der Waals surface area contributed by atoms with Crippen molar-refractivity contribution >= 4 is 0 Å². The number of hydrogen-bond donors (Lipinski definition) is 1. The zero-order chi connectivity index (χ0) is 7.78. The van der Waals surface area contributed by atoms with Gasteiger partial charge in [-0.15, -0.1) is 0 Å². The van der Waals surface area contributed by atoms with Gasteiger partial charge in [-0.2, -0.15) is 0 Å². The van der Waals surface area contributed by atoms with Crippen LogP contribution in [0.1, 0.15) is 26.7 Å². The summed E-state index contributed by atoms with van der Waals surface area (Å²) in [4.78, 5) is 1.99. The van der Waals surface area contributed by atoms with Gasteiger partial charge >= 0.3 is 0 Å². The number of nitrogens with zero attached hydrogens (tertiary/aromatic N) is 1. The third-order valence-corrected chi connectivity index (χ3v) is 2.18. The zero-order valence-corrected chi connectivity index (χ0v) is 6.80. The molecule has 0 radical (unpaired) electrons. The summed E-state index contributed by atoms with van der Waals surface area (Å²) in [5.41, 5.74) is -0.585. The highest BCUT2D eigenvalue weighted by Gasteiger charge is 2.29. The van der Waals surface area contributed by atoms with Gasteiger partial charge in [-0.25, -0.2) is 0 Å². The van der Waals surface area contributed by atoms with Gasteiger partial charge in [0.15, 0.2) is 0 Å². The van der Waals surface area contributed by atoms with Crippen LogP contribution >= 0.6 is 0 Å². The number of likely N-dealkylation sites (tertiary alicyclic amines) is 1. The fourth-order valence-electron chi connectivity index (χ4n) is 1.63. The second-order valence-corrected chi connectivity index (χ2v) is 3.62. The second kappa shape index (κ2) is 2.51. The van der Waals surface area contributed by atoms with E-state index in [1.807, 2.05) is 18.7 Å². The molecule has 1 rings (SSSR count). The highest BCUT2D eigenvalue weighted by Crippen LogP contribution is 2.25. The maximum Gasteiger partial charge on any atom is 0.0722 e. The zero-order valence-electron chi connectivity index (χ0n) is 6.80. The highest BCUT2D eigenvalue weighted by atomic mass is 16.3. The molecular formula is C8H16NO-. The quantitative estimate of drug-likeness (QED) is 0.552. The van der Waals surface area contributed by atoms with Crippen molar-refractivity contribution in [2.75, 3.05) is 6.54 Å². The van der Waals surface area contributed by atoms with E-state index in [0.717, 1.165) is 19.4 Å². The Morgan fingerprint density at radius 2 is 2.20 bits per heavy atom. The van der Waals surface area contributed by atoms with Crippen molar-refractivity contribution in [3.8, 4) is 0 Å². The Morgan fingerprint density at radius 1 is 1.60 bits per heavy atom. The molecule has 0 bridgehead atoms. The van der Waals surface area contributed by atoms with Gasteiger partial charge in [0, 0.05) is 6.04 Å². The van der Waals surface area contributed by atoms with Gasteiger partial charge in [-0.05, 0) is 33.2 Å². The van der Waals surface area contributed by atoms with Gasteiger partial charge in [0.25, 0.3) is 0 Å². The predicted octanol–water partition coefficient (Wildman–Crippen LogP) is 1.01. The molecule has 0 amide bonds. The molecule has 2 nitrogen and oxygen atoms in total. The van der Waals surface area contributed by atoms with Crippen molar-refractivity contribution in [2.45, 2.75) is 38.3 Å². The summed E-state index contributed by atoms with van der Waals surface area (Å²) >= 11 is 0. The van der Waals surface area contributed by atoms with Crippen LogP contribution in [0.15, 0.2) is 0 Å². The second-order valence-electron chi connectivity index (χ2n) is 3.62. The van der Waals surface area contributed by atoms with E-state index in [0.29, 0.717) is 0 Å². The first-order chi connectivity index (χ1) is 4.52. The van der Waals surface area contributed by atoms with Crippen LogP contribution in [-0.4, -0.2) is 28.2 Å². The molecule has 1 aliphatic rings. The summed E-state index contributed by atoms with van der Waals surface area (Å²) in [6.45, 7) is 4.72. The number of rotatable bonds is 1. The summed E-state index contributed by atoms with van der Waals surface area (Å²) in [6.07, 6.45) is 2.24. The minimum absolute atomic E-state index is 0.257. The Hall–Kier alpha value is -0.0800. The van der Waals surface area contributed by atoms with E-state index >= 15 is 0 Å². The van der Waals surface area contributed by atoms with Gasteiger partial charge in [0.1, 0.15) is 0 Å². The van der Waals surface area contributed by atoms with Crippen LogP contribution in [0.3, 0.4) is 0 Å². The molecule has 0 aromatic carbocycles. The molecule has 0 unspecified atom stereocenters. The summed E-state index contributed by atoms with van der Waals surface area (Å²) in [7, 11) is 3.86. The average Bonchev–Trinajstić information content (AvgIpc) is 2.11. The fraction of sp³-hybridized carbons (Fsp3) is 0.875. The molecule has 1 N–H and O–H groups in total. The molecule has 2 heteroatoms. The summed E-state index contributed by atoms with van der Waals surface area (Å²) in [5.74, 6) is 0. The summed E-state index contributed by atoms with van der Waals surface area (Å²) in [6, 6.07) is 0.257. The maximum absolute atomic E-state index is 9.61. The molecule has 60 valence electrons. The minimum Gasteiger partial charge on any atom is -0.454 e. The standard InChI is InChI=1S/C8H16NO/c1-8(2,10)7-5-4-6-9(7)3/h7,10H,3-6H2,1-2H3/q-1/t7-/m1/s1. The average molecular weight is 142 g/mol. The normalized spacial score (nSPS) is 29.4. The van der Waals surface area contributed by atoms with Gasteiger partial charge < -0.3 is 10.0 Å². The van der Waals surface area contributed by atoms with Crippen molar-refractivity contribution in [1.29, 1.82) is 0 Å². The lowest BCUT2D eigenvalue weighted by molar-refractivity contribution is 0.0113. The van der Waals surface area contributed by atoms with Crippen molar-refractivity contribution < 1.29 is 5.11 Å². The molecule has 1 aliphatic heterocycles. The molecule has 1 saturated heterocycles. The highest BCUT2D eigenvalue weighted by molar-refractivity contribution is 4.90. The first-order valence-electron chi connectivity index (χ1n) is 3.81. The Bertz CT molecular complexity index is 117. The van der Waals surface area contributed by atoms with Crippen molar-refractivity contribution in [3.05, 3.63) is 7.05 Å². The Balaban J connectivity index is 2.55. The first kappa shape index (κ1) is 8.02. The van der Waals surface area contributed by atoms with Crippen LogP contribution in [0.25, 0.3) is 0 Å². The summed E-state index contributed by atoms with van der Waals surface area (Å²) in [5, 5.41) is 9.61. The fourth-order valence-corrected chi connectivity index (χ4v) is 1.63. The smallest absolute Gasteiger partial charge is 0.0722 e. The van der Waals surface area contributed by atoms with E-state index in [-0.39, 0.29) is 6.04 Å². The lowest BCUT2D eigenvalue weighted by atomic mass is 9.97.